The number of rotatable bonds is 6. The Labute approximate surface area is 186 Å². The molecular formula is C23H28N4O5. The van der Waals surface area contributed by atoms with Crippen molar-refractivity contribution in [1.29, 1.82) is 0 Å². The summed E-state index contributed by atoms with van der Waals surface area (Å²) >= 11 is 0. The largest absolute Gasteiger partial charge is 0.492 e. The van der Waals surface area contributed by atoms with E-state index in [1.165, 1.54) is 4.57 Å². The van der Waals surface area contributed by atoms with E-state index < -0.39 is 11.8 Å². The lowest BCUT2D eigenvalue weighted by molar-refractivity contribution is -0.136. The van der Waals surface area contributed by atoms with Crippen molar-refractivity contribution in [3.8, 4) is 5.75 Å². The van der Waals surface area contributed by atoms with Crippen LogP contribution < -0.4 is 20.9 Å². The van der Waals surface area contributed by atoms with E-state index in [1.54, 1.807) is 54.5 Å². The molecule has 3 amide bonds. The molecule has 0 saturated carbocycles. The van der Waals surface area contributed by atoms with Crippen molar-refractivity contribution in [3.63, 3.8) is 0 Å². The predicted molar refractivity (Wildman–Crippen MR) is 120 cm³/mol. The highest BCUT2D eigenvalue weighted by Crippen LogP contribution is 2.23. The molecule has 2 heterocycles. The van der Waals surface area contributed by atoms with Gasteiger partial charge in [-0.15, -0.1) is 0 Å². The molecule has 9 heteroatoms. The van der Waals surface area contributed by atoms with Gasteiger partial charge in [-0.25, -0.2) is 0 Å². The first kappa shape index (κ1) is 23.1. The first-order valence-electron chi connectivity index (χ1n) is 10.7. The van der Waals surface area contributed by atoms with E-state index in [0.717, 1.165) is 0 Å². The highest BCUT2D eigenvalue weighted by molar-refractivity contribution is 6.39. The van der Waals surface area contributed by atoms with Crippen LogP contribution in [0.3, 0.4) is 0 Å². The molecule has 1 saturated heterocycles. The zero-order valence-electron chi connectivity index (χ0n) is 18.3. The highest BCUT2D eigenvalue weighted by atomic mass is 16.5. The molecule has 1 aromatic carbocycles. The van der Waals surface area contributed by atoms with E-state index in [2.05, 4.69) is 10.6 Å². The fourth-order valence-electron chi connectivity index (χ4n) is 3.62. The van der Waals surface area contributed by atoms with Gasteiger partial charge in [-0.2, -0.15) is 0 Å². The zero-order valence-corrected chi connectivity index (χ0v) is 18.3. The molecule has 32 heavy (non-hydrogen) atoms. The van der Waals surface area contributed by atoms with Crippen LogP contribution in [0, 0.1) is 5.92 Å². The summed E-state index contributed by atoms with van der Waals surface area (Å²) in [5.74, 6) is -1.11. The Hall–Kier alpha value is -3.62. The number of amides is 3. The number of aromatic nitrogens is 1. The van der Waals surface area contributed by atoms with Gasteiger partial charge in [0.15, 0.2) is 0 Å². The summed E-state index contributed by atoms with van der Waals surface area (Å²) in [6.07, 6.45) is 2.96. The second-order valence-corrected chi connectivity index (χ2v) is 7.67. The first-order chi connectivity index (χ1) is 15.4. The summed E-state index contributed by atoms with van der Waals surface area (Å²) in [5.41, 5.74) is 0.281. The lowest BCUT2D eigenvalue weighted by Gasteiger charge is -2.32. The van der Waals surface area contributed by atoms with Crippen LogP contribution in [0.1, 0.15) is 30.1 Å². The normalized spacial score (nSPS) is 14.0. The third-order valence-electron chi connectivity index (χ3n) is 5.45. The van der Waals surface area contributed by atoms with E-state index >= 15 is 0 Å². The maximum atomic E-state index is 12.7. The quantitative estimate of drug-likeness (QED) is 0.660. The molecule has 3 rings (SSSR count). The summed E-state index contributed by atoms with van der Waals surface area (Å²) in [6, 6.07) is 10.1. The Morgan fingerprint density at radius 1 is 1.06 bits per heavy atom. The van der Waals surface area contributed by atoms with Crippen molar-refractivity contribution in [2.24, 2.45) is 13.0 Å². The fourth-order valence-corrected chi connectivity index (χ4v) is 3.62. The number of anilines is 1. The van der Waals surface area contributed by atoms with Crippen molar-refractivity contribution in [2.75, 3.05) is 31.6 Å². The molecular weight excluding hydrogens is 412 g/mol. The van der Waals surface area contributed by atoms with E-state index in [1.807, 2.05) is 6.92 Å². The fraction of sp³-hybridized carbons (Fsp3) is 0.391. The van der Waals surface area contributed by atoms with Gasteiger partial charge in [0.1, 0.15) is 11.3 Å². The second-order valence-electron chi connectivity index (χ2n) is 7.67. The van der Waals surface area contributed by atoms with Crippen LogP contribution in [0.4, 0.5) is 5.69 Å². The Morgan fingerprint density at radius 2 is 1.78 bits per heavy atom. The number of hydrogen-bond donors (Lipinski definition) is 2. The SMILES string of the molecule is CCOc1ccccc1NC(=O)C(=O)NCC1CCN(C(=O)c2cccn(C)c2=O)CC1. The molecule has 2 aromatic rings. The maximum Gasteiger partial charge on any atom is 0.313 e. The molecule has 2 N–H and O–H groups in total. The number of aryl methyl sites for hydroxylation is 1. The second kappa shape index (κ2) is 10.6. The molecule has 170 valence electrons. The Balaban J connectivity index is 1.47. The van der Waals surface area contributed by atoms with Gasteiger partial charge in [0.2, 0.25) is 0 Å². The summed E-state index contributed by atoms with van der Waals surface area (Å²) in [6.45, 7) is 3.61. The maximum absolute atomic E-state index is 12.7. The van der Waals surface area contributed by atoms with E-state index in [0.29, 0.717) is 50.5 Å². The number of hydrogen-bond acceptors (Lipinski definition) is 5. The van der Waals surface area contributed by atoms with Crippen LogP contribution in [-0.4, -0.2) is 53.4 Å². The van der Waals surface area contributed by atoms with Gasteiger partial charge in [-0.3, -0.25) is 19.2 Å². The molecule has 1 fully saturated rings. The van der Waals surface area contributed by atoms with Gasteiger partial charge in [0, 0.05) is 32.9 Å². The van der Waals surface area contributed by atoms with Gasteiger partial charge in [-0.1, -0.05) is 12.1 Å². The summed E-state index contributed by atoms with van der Waals surface area (Å²) in [7, 11) is 1.61. The summed E-state index contributed by atoms with van der Waals surface area (Å²) < 4.78 is 6.83. The Kier molecular flexibility index (Phi) is 7.64. The van der Waals surface area contributed by atoms with Crippen molar-refractivity contribution < 1.29 is 19.1 Å². The molecule has 0 radical (unpaired) electrons. The number of pyridine rings is 1. The van der Waals surface area contributed by atoms with Gasteiger partial charge < -0.3 is 24.8 Å². The Morgan fingerprint density at radius 3 is 2.50 bits per heavy atom. The third kappa shape index (κ3) is 5.54. The van der Waals surface area contributed by atoms with Crippen LogP contribution in [0.15, 0.2) is 47.4 Å². The molecule has 0 atom stereocenters. The number of likely N-dealkylation sites (tertiary alicyclic amines) is 1. The van der Waals surface area contributed by atoms with Gasteiger partial charge in [0.05, 0.1) is 12.3 Å². The van der Waals surface area contributed by atoms with E-state index in [9.17, 15) is 19.2 Å². The summed E-state index contributed by atoms with van der Waals surface area (Å²) in [4.78, 5) is 50.9. The number of piperidine rings is 1. The number of benzene rings is 1. The molecule has 1 aliphatic rings. The average molecular weight is 441 g/mol. The summed E-state index contributed by atoms with van der Waals surface area (Å²) in [5, 5.41) is 5.24. The molecule has 0 spiro atoms. The lowest BCUT2D eigenvalue weighted by atomic mass is 9.96. The van der Waals surface area contributed by atoms with Gasteiger partial charge >= 0.3 is 11.8 Å². The minimum absolute atomic E-state index is 0.144. The van der Waals surface area contributed by atoms with Crippen LogP contribution in [-0.2, 0) is 16.6 Å². The molecule has 1 aliphatic heterocycles. The minimum atomic E-state index is -0.760. The number of nitrogens with one attached hydrogen (secondary N) is 2. The highest BCUT2D eigenvalue weighted by Gasteiger charge is 2.26. The monoisotopic (exact) mass is 440 g/mol. The van der Waals surface area contributed by atoms with E-state index in [4.69, 9.17) is 4.74 Å². The minimum Gasteiger partial charge on any atom is -0.492 e. The number of carbonyl (C=O) groups excluding carboxylic acids is 3. The topological polar surface area (TPSA) is 110 Å². The molecule has 0 bridgehead atoms. The van der Waals surface area contributed by atoms with Gasteiger partial charge in [-0.05, 0) is 49.9 Å². The molecule has 0 aliphatic carbocycles. The lowest BCUT2D eigenvalue weighted by Crippen LogP contribution is -2.44. The predicted octanol–water partition coefficient (Wildman–Crippen LogP) is 1.39. The molecule has 1 aromatic heterocycles. The van der Waals surface area contributed by atoms with Gasteiger partial charge in [0.25, 0.3) is 11.5 Å². The van der Waals surface area contributed by atoms with Crippen molar-refractivity contribution in [2.45, 2.75) is 19.8 Å². The van der Waals surface area contributed by atoms with Crippen molar-refractivity contribution in [3.05, 3.63) is 58.5 Å². The van der Waals surface area contributed by atoms with Crippen molar-refractivity contribution in [1.82, 2.24) is 14.8 Å². The average Bonchev–Trinajstić information content (AvgIpc) is 2.80. The number of para-hydroxylation sites is 2. The zero-order chi connectivity index (χ0) is 23.1. The standard InChI is InChI=1S/C23H28N4O5/c1-3-32-19-9-5-4-8-18(19)25-21(29)20(28)24-15-16-10-13-27(14-11-16)23(31)17-7-6-12-26(2)22(17)30/h4-9,12,16H,3,10-11,13-15H2,1-2H3,(H,24,28)(H,25,29). The number of carbonyl (C=O) groups is 3. The van der Waals surface area contributed by atoms with Crippen molar-refractivity contribution >= 4 is 23.4 Å². The van der Waals surface area contributed by atoms with Crippen LogP contribution in [0.2, 0.25) is 0 Å². The number of ether oxygens (including phenoxy) is 1. The Bertz CT molecular complexity index is 1040. The molecule has 9 nitrogen and oxygen atoms in total. The number of nitrogens with zero attached hydrogens (tertiary/aromatic N) is 2. The first-order valence-corrected chi connectivity index (χ1v) is 10.7. The van der Waals surface area contributed by atoms with E-state index in [-0.39, 0.29) is 22.9 Å². The smallest absolute Gasteiger partial charge is 0.313 e. The van der Waals surface area contributed by atoms with Crippen LogP contribution in [0.25, 0.3) is 0 Å². The molecule has 0 unspecified atom stereocenters. The third-order valence-corrected chi connectivity index (χ3v) is 5.45. The van der Waals surface area contributed by atoms with Crippen LogP contribution in [0.5, 0.6) is 5.75 Å². The van der Waals surface area contributed by atoms with Crippen LogP contribution >= 0.6 is 0 Å².